The Morgan fingerprint density at radius 3 is 2.58 bits per heavy atom. The number of thiazole rings is 1. The van der Waals surface area contributed by atoms with Crippen LogP contribution in [0.3, 0.4) is 0 Å². The number of hydrogen-bond donors (Lipinski definition) is 2. The zero-order chi connectivity index (χ0) is 18.8. The van der Waals surface area contributed by atoms with Crippen LogP contribution in [0.2, 0.25) is 5.02 Å². The number of halogens is 1. The van der Waals surface area contributed by atoms with Gasteiger partial charge in [0.2, 0.25) is 11.0 Å². The van der Waals surface area contributed by atoms with Gasteiger partial charge in [0.15, 0.2) is 0 Å². The van der Waals surface area contributed by atoms with Gasteiger partial charge in [0.25, 0.3) is 5.56 Å². The fourth-order valence-electron chi connectivity index (χ4n) is 2.56. The van der Waals surface area contributed by atoms with Crippen molar-refractivity contribution in [3.63, 3.8) is 0 Å². The predicted molar refractivity (Wildman–Crippen MR) is 105 cm³/mol. The van der Waals surface area contributed by atoms with Crippen molar-refractivity contribution in [3.05, 3.63) is 61.5 Å². The molecular weight excluding hydrogens is 372 g/mol. The number of rotatable bonds is 5. The standard InChI is InChI=1S/C18H19ClN4O2S/c1-10-12(3)26-18(20-10)23-17(25)15(11(2)22-23)8-9-16(24)21-14-6-4-13(19)5-7-14/h4-7,22H,8-9H2,1-3H3,(H,21,24). The fourth-order valence-corrected chi connectivity index (χ4v) is 3.55. The van der Waals surface area contributed by atoms with E-state index >= 15 is 0 Å². The molecule has 2 N–H and O–H groups in total. The molecule has 0 bridgehead atoms. The number of nitrogens with zero attached hydrogens (tertiary/aromatic N) is 2. The largest absolute Gasteiger partial charge is 0.326 e. The number of amides is 1. The number of carbonyl (C=O) groups is 1. The van der Waals surface area contributed by atoms with Crippen LogP contribution in [0.4, 0.5) is 5.69 Å². The van der Waals surface area contributed by atoms with Gasteiger partial charge in [-0.05, 0) is 51.5 Å². The van der Waals surface area contributed by atoms with Gasteiger partial charge in [-0.2, -0.15) is 4.68 Å². The summed E-state index contributed by atoms with van der Waals surface area (Å²) in [5.74, 6) is -0.153. The van der Waals surface area contributed by atoms with E-state index in [-0.39, 0.29) is 17.9 Å². The number of hydrogen-bond acceptors (Lipinski definition) is 4. The summed E-state index contributed by atoms with van der Waals surface area (Å²) in [4.78, 5) is 30.3. The van der Waals surface area contributed by atoms with Gasteiger partial charge >= 0.3 is 0 Å². The Balaban J connectivity index is 1.71. The Bertz CT molecular complexity index is 982. The zero-order valence-electron chi connectivity index (χ0n) is 14.7. The van der Waals surface area contributed by atoms with Crippen LogP contribution in [0.15, 0.2) is 29.1 Å². The van der Waals surface area contributed by atoms with Crippen LogP contribution >= 0.6 is 22.9 Å². The Labute approximate surface area is 159 Å². The molecule has 0 radical (unpaired) electrons. The van der Waals surface area contributed by atoms with Crippen LogP contribution in [0.1, 0.15) is 28.2 Å². The monoisotopic (exact) mass is 390 g/mol. The Hall–Kier alpha value is -2.38. The van der Waals surface area contributed by atoms with Crippen molar-refractivity contribution in [2.45, 2.75) is 33.6 Å². The third-order valence-electron chi connectivity index (χ3n) is 4.13. The molecule has 0 atom stereocenters. The maximum absolute atomic E-state index is 12.7. The van der Waals surface area contributed by atoms with Crippen molar-refractivity contribution in [2.75, 3.05) is 5.32 Å². The van der Waals surface area contributed by atoms with E-state index in [4.69, 9.17) is 11.6 Å². The maximum Gasteiger partial charge on any atom is 0.276 e. The number of aryl methyl sites for hydroxylation is 3. The number of H-pyrrole nitrogens is 1. The highest BCUT2D eigenvalue weighted by molar-refractivity contribution is 7.14. The van der Waals surface area contributed by atoms with Gasteiger partial charge in [0, 0.05) is 33.3 Å². The van der Waals surface area contributed by atoms with E-state index in [1.807, 2.05) is 20.8 Å². The number of benzene rings is 1. The van der Waals surface area contributed by atoms with E-state index in [9.17, 15) is 9.59 Å². The lowest BCUT2D eigenvalue weighted by molar-refractivity contribution is -0.116. The Morgan fingerprint density at radius 2 is 1.96 bits per heavy atom. The number of aromatic nitrogens is 3. The van der Waals surface area contributed by atoms with Crippen LogP contribution in [0.25, 0.3) is 5.13 Å². The van der Waals surface area contributed by atoms with Crippen molar-refractivity contribution in [1.29, 1.82) is 0 Å². The van der Waals surface area contributed by atoms with Crippen LogP contribution < -0.4 is 10.9 Å². The molecule has 6 nitrogen and oxygen atoms in total. The van der Waals surface area contributed by atoms with E-state index in [1.165, 1.54) is 16.0 Å². The normalized spacial score (nSPS) is 10.9. The van der Waals surface area contributed by atoms with Gasteiger partial charge in [-0.15, -0.1) is 0 Å². The molecule has 0 saturated heterocycles. The molecule has 3 aromatic rings. The van der Waals surface area contributed by atoms with Crippen molar-refractivity contribution in [2.24, 2.45) is 0 Å². The van der Waals surface area contributed by atoms with Gasteiger partial charge in [-0.25, -0.2) is 4.98 Å². The Morgan fingerprint density at radius 1 is 1.27 bits per heavy atom. The minimum atomic E-state index is -0.157. The van der Waals surface area contributed by atoms with E-state index < -0.39 is 0 Å². The third-order valence-corrected chi connectivity index (χ3v) is 5.44. The maximum atomic E-state index is 12.7. The second-order valence-corrected chi connectivity index (χ2v) is 7.67. The molecular formula is C18H19ClN4O2S. The predicted octanol–water partition coefficient (Wildman–Crippen LogP) is 3.77. The van der Waals surface area contributed by atoms with Gasteiger partial charge in [0.05, 0.1) is 5.69 Å². The first-order chi connectivity index (χ1) is 12.3. The Kier molecular flexibility index (Phi) is 5.29. The zero-order valence-corrected chi connectivity index (χ0v) is 16.3. The molecule has 136 valence electrons. The SMILES string of the molecule is Cc1nc(-n2[nH]c(C)c(CCC(=O)Nc3ccc(Cl)cc3)c2=O)sc1C. The number of aromatic amines is 1. The molecule has 0 aliphatic carbocycles. The van der Waals surface area contributed by atoms with Gasteiger partial charge < -0.3 is 5.32 Å². The fraction of sp³-hybridized carbons (Fsp3) is 0.278. The van der Waals surface area contributed by atoms with Crippen molar-refractivity contribution < 1.29 is 4.79 Å². The average molecular weight is 391 g/mol. The second-order valence-electron chi connectivity index (χ2n) is 6.05. The van der Waals surface area contributed by atoms with Crippen molar-refractivity contribution in [3.8, 4) is 5.13 Å². The average Bonchev–Trinajstić information content (AvgIpc) is 3.07. The summed E-state index contributed by atoms with van der Waals surface area (Å²) in [7, 11) is 0. The van der Waals surface area contributed by atoms with Crippen LogP contribution in [0.5, 0.6) is 0 Å². The number of nitrogens with one attached hydrogen (secondary N) is 2. The van der Waals surface area contributed by atoms with Gasteiger partial charge in [-0.1, -0.05) is 22.9 Å². The van der Waals surface area contributed by atoms with Crippen LogP contribution in [-0.2, 0) is 11.2 Å². The van der Waals surface area contributed by atoms with Crippen LogP contribution in [-0.4, -0.2) is 20.7 Å². The minimum absolute atomic E-state index is 0.153. The lowest BCUT2D eigenvalue weighted by Gasteiger charge is -2.04. The van der Waals surface area contributed by atoms with E-state index in [2.05, 4.69) is 15.4 Å². The first-order valence-corrected chi connectivity index (χ1v) is 9.35. The molecule has 0 aliphatic heterocycles. The topological polar surface area (TPSA) is 79.8 Å². The lowest BCUT2D eigenvalue weighted by Crippen LogP contribution is -2.19. The summed E-state index contributed by atoms with van der Waals surface area (Å²) in [6, 6.07) is 6.90. The smallest absolute Gasteiger partial charge is 0.276 e. The molecule has 0 spiro atoms. The first-order valence-electron chi connectivity index (χ1n) is 8.15. The van der Waals surface area contributed by atoms with Gasteiger partial charge in [-0.3, -0.25) is 14.7 Å². The molecule has 1 amide bonds. The molecule has 3 rings (SSSR count). The summed E-state index contributed by atoms with van der Waals surface area (Å²) in [5.41, 5.74) is 2.78. The van der Waals surface area contributed by atoms with E-state index in [1.54, 1.807) is 24.3 Å². The van der Waals surface area contributed by atoms with E-state index in [0.717, 1.165) is 16.3 Å². The molecule has 2 aromatic heterocycles. The second kappa shape index (κ2) is 7.47. The van der Waals surface area contributed by atoms with Crippen LogP contribution in [0, 0.1) is 20.8 Å². The molecule has 0 fully saturated rings. The molecule has 8 heteroatoms. The molecule has 0 saturated carbocycles. The molecule has 0 unspecified atom stereocenters. The summed E-state index contributed by atoms with van der Waals surface area (Å²) < 4.78 is 1.45. The highest BCUT2D eigenvalue weighted by Crippen LogP contribution is 2.19. The highest BCUT2D eigenvalue weighted by Gasteiger charge is 2.16. The van der Waals surface area contributed by atoms with Crippen molar-refractivity contribution in [1.82, 2.24) is 14.8 Å². The number of anilines is 1. The molecule has 1 aromatic carbocycles. The molecule has 2 heterocycles. The lowest BCUT2D eigenvalue weighted by atomic mass is 10.1. The highest BCUT2D eigenvalue weighted by atomic mass is 35.5. The van der Waals surface area contributed by atoms with E-state index in [0.29, 0.717) is 27.8 Å². The minimum Gasteiger partial charge on any atom is -0.326 e. The summed E-state index contributed by atoms with van der Waals surface area (Å²) >= 11 is 7.29. The van der Waals surface area contributed by atoms with Crippen molar-refractivity contribution >= 4 is 34.5 Å². The molecule has 0 aliphatic rings. The summed E-state index contributed by atoms with van der Waals surface area (Å²) in [6.45, 7) is 5.72. The summed E-state index contributed by atoms with van der Waals surface area (Å²) in [6.07, 6.45) is 0.573. The van der Waals surface area contributed by atoms with Gasteiger partial charge in [0.1, 0.15) is 0 Å². The first kappa shape index (κ1) is 18.4. The summed E-state index contributed by atoms with van der Waals surface area (Å²) in [5, 5.41) is 7.08. The molecule has 26 heavy (non-hydrogen) atoms. The quantitative estimate of drug-likeness (QED) is 0.695. The third kappa shape index (κ3) is 3.89. The number of carbonyl (C=O) groups excluding carboxylic acids is 1.